The number of benzene rings is 1. The van der Waals surface area contributed by atoms with E-state index in [1.54, 1.807) is 6.07 Å². The Morgan fingerprint density at radius 2 is 2.10 bits per heavy atom. The van der Waals surface area contributed by atoms with Crippen LogP contribution in [0.3, 0.4) is 0 Å². The topological polar surface area (TPSA) is 82.3 Å². The highest BCUT2D eigenvalue weighted by Crippen LogP contribution is 2.16. The van der Waals surface area contributed by atoms with E-state index in [1.807, 2.05) is 31.2 Å². The molecule has 1 heterocycles. The van der Waals surface area contributed by atoms with Gasteiger partial charge in [-0.2, -0.15) is 4.98 Å². The molecular formula is C14H17ClN4O2. The highest BCUT2D eigenvalue weighted by Gasteiger charge is 2.06. The van der Waals surface area contributed by atoms with Gasteiger partial charge < -0.3 is 14.9 Å². The molecular weight excluding hydrogens is 292 g/mol. The Hall–Kier alpha value is -1.89. The Labute approximate surface area is 128 Å². The lowest BCUT2D eigenvalue weighted by Crippen LogP contribution is -2.12. The number of nitrogens with one attached hydrogen (secondary N) is 1. The molecule has 1 aromatic carbocycles. The number of hydrogen-bond acceptors (Lipinski definition) is 6. The zero-order valence-electron chi connectivity index (χ0n) is 11.7. The second-order valence-electron chi connectivity index (χ2n) is 4.21. The highest BCUT2D eigenvalue weighted by molar-refractivity contribution is 6.30. The number of anilines is 1. The minimum absolute atomic E-state index is 0.305. The van der Waals surface area contributed by atoms with Gasteiger partial charge >= 0.3 is 0 Å². The summed E-state index contributed by atoms with van der Waals surface area (Å²) in [7, 11) is 0. The van der Waals surface area contributed by atoms with Crippen LogP contribution in [0.5, 0.6) is 5.88 Å². The molecule has 21 heavy (non-hydrogen) atoms. The number of ether oxygens (including phenoxy) is 2. The zero-order chi connectivity index (χ0) is 15.1. The van der Waals surface area contributed by atoms with Crippen LogP contribution in [0, 0.1) is 0 Å². The summed E-state index contributed by atoms with van der Waals surface area (Å²) in [5.74, 6) is 6.79. The molecule has 3 N–H and O–H groups in total. The number of nitrogens with two attached hydrogens (primary N) is 1. The summed E-state index contributed by atoms with van der Waals surface area (Å²) in [6.45, 7) is 3.15. The zero-order valence-corrected chi connectivity index (χ0v) is 12.4. The Morgan fingerprint density at radius 3 is 2.81 bits per heavy atom. The molecule has 0 aliphatic heterocycles. The monoisotopic (exact) mass is 308 g/mol. The first-order valence-corrected chi connectivity index (χ1v) is 6.88. The van der Waals surface area contributed by atoms with Gasteiger partial charge in [-0.1, -0.05) is 23.7 Å². The molecule has 0 aliphatic carbocycles. The number of nitrogens with zero attached hydrogens (tertiary/aromatic N) is 2. The predicted molar refractivity (Wildman–Crippen MR) is 81.0 cm³/mol. The van der Waals surface area contributed by atoms with E-state index in [1.165, 1.54) is 0 Å². The van der Waals surface area contributed by atoms with Gasteiger partial charge in [0.25, 0.3) is 0 Å². The van der Waals surface area contributed by atoms with Crippen LogP contribution in [0.15, 0.2) is 30.3 Å². The minimum atomic E-state index is 0.305. The van der Waals surface area contributed by atoms with Crippen molar-refractivity contribution in [3.8, 4) is 5.88 Å². The van der Waals surface area contributed by atoms with Gasteiger partial charge in [0.15, 0.2) is 5.82 Å². The molecule has 1 aromatic heterocycles. The standard InChI is InChI=1S/C14H17ClN4O2/c1-2-20-9-13-17-12(19-16)7-14(18-13)21-8-10-4-3-5-11(15)6-10/h3-7H,2,8-9,16H2,1H3,(H,17,18,19). The Balaban J connectivity index is 2.07. The van der Waals surface area contributed by atoms with Crippen LogP contribution < -0.4 is 16.0 Å². The fraction of sp³-hybridized carbons (Fsp3) is 0.286. The smallest absolute Gasteiger partial charge is 0.219 e. The van der Waals surface area contributed by atoms with Gasteiger partial charge in [-0.25, -0.2) is 10.8 Å². The van der Waals surface area contributed by atoms with Crippen molar-refractivity contribution in [2.24, 2.45) is 5.84 Å². The molecule has 0 saturated carbocycles. The maximum atomic E-state index is 5.93. The molecule has 0 unspecified atom stereocenters. The van der Waals surface area contributed by atoms with E-state index in [9.17, 15) is 0 Å². The first-order chi connectivity index (χ1) is 10.2. The molecule has 6 nitrogen and oxygen atoms in total. The number of hydrogen-bond donors (Lipinski definition) is 2. The van der Waals surface area contributed by atoms with Gasteiger partial charge in [0, 0.05) is 17.7 Å². The van der Waals surface area contributed by atoms with E-state index in [-0.39, 0.29) is 0 Å². The SMILES string of the molecule is CCOCc1nc(NN)cc(OCc2cccc(Cl)c2)n1. The molecule has 0 amide bonds. The molecule has 0 fully saturated rings. The Morgan fingerprint density at radius 1 is 1.24 bits per heavy atom. The molecule has 112 valence electrons. The van der Waals surface area contributed by atoms with Crippen molar-refractivity contribution in [2.45, 2.75) is 20.1 Å². The van der Waals surface area contributed by atoms with Gasteiger partial charge in [0.05, 0.1) is 0 Å². The van der Waals surface area contributed by atoms with Crippen LogP contribution in [0.1, 0.15) is 18.3 Å². The third-order valence-corrected chi connectivity index (χ3v) is 2.84. The number of rotatable bonds is 7. The summed E-state index contributed by atoms with van der Waals surface area (Å²) in [6.07, 6.45) is 0. The fourth-order valence-electron chi connectivity index (χ4n) is 1.66. The lowest BCUT2D eigenvalue weighted by molar-refractivity contribution is 0.127. The summed E-state index contributed by atoms with van der Waals surface area (Å²) < 4.78 is 10.9. The fourth-order valence-corrected chi connectivity index (χ4v) is 1.88. The first-order valence-electron chi connectivity index (χ1n) is 6.51. The Kier molecular flexibility index (Phi) is 5.74. The molecule has 0 saturated heterocycles. The van der Waals surface area contributed by atoms with Crippen molar-refractivity contribution in [1.29, 1.82) is 0 Å². The van der Waals surface area contributed by atoms with Crippen molar-refractivity contribution in [1.82, 2.24) is 9.97 Å². The van der Waals surface area contributed by atoms with Crippen molar-refractivity contribution in [2.75, 3.05) is 12.0 Å². The average Bonchev–Trinajstić information content (AvgIpc) is 2.51. The van der Waals surface area contributed by atoms with Gasteiger partial charge in [0.1, 0.15) is 19.0 Å². The van der Waals surface area contributed by atoms with Crippen LogP contribution in [0.4, 0.5) is 5.82 Å². The molecule has 0 aliphatic rings. The van der Waals surface area contributed by atoms with Crippen molar-refractivity contribution >= 4 is 17.4 Å². The molecule has 0 bridgehead atoms. The lowest BCUT2D eigenvalue weighted by atomic mass is 10.2. The van der Waals surface area contributed by atoms with Crippen molar-refractivity contribution in [3.63, 3.8) is 0 Å². The molecule has 2 rings (SSSR count). The maximum absolute atomic E-state index is 5.93. The van der Waals surface area contributed by atoms with Crippen molar-refractivity contribution < 1.29 is 9.47 Å². The lowest BCUT2D eigenvalue weighted by Gasteiger charge is -2.09. The van der Waals surface area contributed by atoms with Gasteiger partial charge in [0.2, 0.25) is 5.88 Å². The second-order valence-corrected chi connectivity index (χ2v) is 4.64. The number of nitrogen functional groups attached to an aromatic ring is 1. The van der Waals surface area contributed by atoms with E-state index >= 15 is 0 Å². The highest BCUT2D eigenvalue weighted by atomic mass is 35.5. The van der Waals surface area contributed by atoms with E-state index in [2.05, 4.69) is 15.4 Å². The van der Waals surface area contributed by atoms with Gasteiger partial charge in [-0.05, 0) is 24.6 Å². The van der Waals surface area contributed by atoms with Gasteiger partial charge in [-0.3, -0.25) is 0 Å². The van der Waals surface area contributed by atoms with Gasteiger partial charge in [-0.15, -0.1) is 0 Å². The summed E-state index contributed by atoms with van der Waals surface area (Å²) in [5.41, 5.74) is 3.44. The summed E-state index contributed by atoms with van der Waals surface area (Å²) >= 11 is 5.93. The van der Waals surface area contributed by atoms with Crippen LogP contribution in [0.2, 0.25) is 5.02 Å². The molecule has 2 aromatic rings. The number of hydrazine groups is 1. The normalized spacial score (nSPS) is 10.4. The minimum Gasteiger partial charge on any atom is -0.473 e. The summed E-state index contributed by atoms with van der Waals surface area (Å²) in [5, 5.41) is 0.667. The van der Waals surface area contributed by atoms with E-state index < -0.39 is 0 Å². The van der Waals surface area contributed by atoms with Crippen LogP contribution in [-0.2, 0) is 18.0 Å². The third-order valence-electron chi connectivity index (χ3n) is 2.61. The van der Waals surface area contributed by atoms with Crippen molar-refractivity contribution in [3.05, 3.63) is 46.7 Å². The van der Waals surface area contributed by atoms with E-state index in [4.69, 9.17) is 26.9 Å². The van der Waals surface area contributed by atoms with Crippen LogP contribution in [0.25, 0.3) is 0 Å². The van der Waals surface area contributed by atoms with Crippen LogP contribution in [-0.4, -0.2) is 16.6 Å². The molecule has 0 atom stereocenters. The average molecular weight is 309 g/mol. The Bertz CT molecular complexity index is 595. The summed E-state index contributed by atoms with van der Waals surface area (Å²) in [4.78, 5) is 8.45. The van der Waals surface area contributed by atoms with Crippen LogP contribution >= 0.6 is 11.6 Å². The van der Waals surface area contributed by atoms with E-state index in [0.717, 1.165) is 5.56 Å². The summed E-state index contributed by atoms with van der Waals surface area (Å²) in [6, 6.07) is 9.07. The number of aromatic nitrogens is 2. The predicted octanol–water partition coefficient (Wildman–Crippen LogP) is 2.53. The first kappa shape index (κ1) is 15.5. The molecule has 0 radical (unpaired) electrons. The molecule has 0 spiro atoms. The quantitative estimate of drug-likeness (QED) is 0.604. The number of halogens is 1. The third kappa shape index (κ3) is 4.86. The second kappa shape index (κ2) is 7.78. The largest absolute Gasteiger partial charge is 0.473 e. The molecule has 7 heteroatoms. The van der Waals surface area contributed by atoms with E-state index in [0.29, 0.717) is 42.4 Å². The maximum Gasteiger partial charge on any atom is 0.219 e.